The number of fused-ring (bicyclic) bond motifs is 1. The lowest BCUT2D eigenvalue weighted by atomic mass is 10.4. The minimum absolute atomic E-state index is 0.679. The molecule has 0 aromatic carbocycles. The topological polar surface area (TPSA) is 41.6 Å². The van der Waals surface area contributed by atoms with Gasteiger partial charge in [-0.25, -0.2) is 4.98 Å². The van der Waals surface area contributed by atoms with Gasteiger partial charge in [-0.3, -0.25) is 4.98 Å². The lowest BCUT2D eigenvalue weighted by Gasteiger charge is -1.92. The van der Waals surface area contributed by atoms with Crippen molar-refractivity contribution < 1.29 is 0 Å². The van der Waals surface area contributed by atoms with Gasteiger partial charge in [0.05, 0.1) is 0 Å². The summed E-state index contributed by atoms with van der Waals surface area (Å²) in [4.78, 5) is 11.1. The first-order valence-electron chi connectivity index (χ1n) is 3.16. The third-order valence-corrected chi connectivity index (χ3v) is 1.60. The number of H-pyrrole nitrogens is 1. The number of rotatable bonds is 0. The van der Waals surface area contributed by atoms with E-state index in [1.165, 1.54) is 0 Å². The molecule has 3 nitrogen and oxygen atoms in total. The number of aromatic amines is 1. The van der Waals surface area contributed by atoms with Crippen molar-refractivity contribution in [3.8, 4) is 0 Å². The van der Waals surface area contributed by atoms with Crippen molar-refractivity contribution in [2.75, 3.05) is 0 Å². The van der Waals surface area contributed by atoms with Gasteiger partial charge in [-0.2, -0.15) is 0 Å². The van der Waals surface area contributed by atoms with Crippen molar-refractivity contribution in [2.45, 2.75) is 0 Å². The van der Waals surface area contributed by atoms with Crippen molar-refractivity contribution >= 4 is 23.4 Å². The highest BCUT2D eigenvalue weighted by atomic mass is 32.1. The van der Waals surface area contributed by atoms with Gasteiger partial charge in [0.25, 0.3) is 0 Å². The summed E-state index contributed by atoms with van der Waals surface area (Å²) in [7, 11) is 0. The molecule has 54 valence electrons. The van der Waals surface area contributed by atoms with E-state index in [1.54, 1.807) is 18.5 Å². The third kappa shape index (κ3) is 1.12. The monoisotopic (exact) mass is 163 g/mol. The highest BCUT2D eigenvalue weighted by molar-refractivity contribution is 7.71. The van der Waals surface area contributed by atoms with Gasteiger partial charge in [0.1, 0.15) is 10.2 Å². The fourth-order valence-electron chi connectivity index (χ4n) is 0.880. The maximum absolute atomic E-state index is 4.92. The van der Waals surface area contributed by atoms with Crippen LogP contribution in [-0.4, -0.2) is 15.0 Å². The molecule has 0 fully saturated rings. The summed E-state index contributed by atoms with van der Waals surface area (Å²) in [5, 5.41) is 0. The van der Waals surface area contributed by atoms with Crippen molar-refractivity contribution in [3.05, 3.63) is 29.2 Å². The van der Waals surface area contributed by atoms with Crippen LogP contribution in [-0.2, 0) is 0 Å². The highest BCUT2D eigenvalue weighted by Crippen LogP contribution is 2.02. The molecular weight excluding hydrogens is 158 g/mol. The SMILES string of the molecule is S=c1ccc2nccnc2[nH]1. The van der Waals surface area contributed by atoms with Crippen LogP contribution in [0, 0.1) is 4.64 Å². The summed E-state index contributed by atoms with van der Waals surface area (Å²) >= 11 is 4.92. The normalized spacial score (nSPS) is 10.2. The van der Waals surface area contributed by atoms with Gasteiger partial charge in [-0.05, 0) is 12.1 Å². The first-order chi connectivity index (χ1) is 5.36. The van der Waals surface area contributed by atoms with Gasteiger partial charge in [0.15, 0.2) is 5.65 Å². The second kappa shape index (κ2) is 2.39. The van der Waals surface area contributed by atoms with Crippen LogP contribution in [0.2, 0.25) is 0 Å². The molecule has 0 radical (unpaired) electrons. The lowest BCUT2D eigenvalue weighted by Crippen LogP contribution is -1.84. The largest absolute Gasteiger partial charge is 0.330 e. The summed E-state index contributed by atoms with van der Waals surface area (Å²) in [5.41, 5.74) is 1.57. The highest BCUT2D eigenvalue weighted by Gasteiger charge is 1.90. The van der Waals surface area contributed by atoms with Crippen LogP contribution >= 0.6 is 12.2 Å². The van der Waals surface area contributed by atoms with E-state index in [0.717, 1.165) is 11.2 Å². The van der Waals surface area contributed by atoms with Gasteiger partial charge in [0.2, 0.25) is 0 Å². The Labute approximate surface area is 68.1 Å². The van der Waals surface area contributed by atoms with Crippen molar-refractivity contribution in [1.29, 1.82) is 0 Å². The molecule has 0 spiro atoms. The molecule has 4 heteroatoms. The van der Waals surface area contributed by atoms with Crippen molar-refractivity contribution in [3.63, 3.8) is 0 Å². The Kier molecular flexibility index (Phi) is 1.40. The van der Waals surface area contributed by atoms with E-state index < -0.39 is 0 Å². The first-order valence-corrected chi connectivity index (χ1v) is 3.57. The average molecular weight is 163 g/mol. The van der Waals surface area contributed by atoms with Crippen LogP contribution in [0.5, 0.6) is 0 Å². The van der Waals surface area contributed by atoms with Gasteiger partial charge in [-0.15, -0.1) is 0 Å². The minimum Gasteiger partial charge on any atom is -0.330 e. The number of nitrogens with zero attached hydrogens (tertiary/aromatic N) is 2. The molecule has 0 amide bonds. The maximum atomic E-state index is 4.92. The van der Waals surface area contributed by atoms with E-state index in [2.05, 4.69) is 15.0 Å². The Balaban J connectivity index is 2.94. The Hall–Kier alpha value is -1.29. The molecule has 2 aromatic rings. The van der Waals surface area contributed by atoms with Gasteiger partial charge in [0, 0.05) is 12.4 Å². The van der Waals surface area contributed by atoms with Crippen LogP contribution < -0.4 is 0 Å². The molecule has 0 saturated carbocycles. The average Bonchev–Trinajstić information content (AvgIpc) is 2.04. The molecule has 11 heavy (non-hydrogen) atoms. The Bertz CT molecular complexity index is 435. The number of hydrogen-bond donors (Lipinski definition) is 1. The molecular formula is C7H5N3S. The molecule has 0 atom stereocenters. The fraction of sp³-hybridized carbons (Fsp3) is 0. The molecule has 0 aliphatic heterocycles. The Morgan fingerprint density at radius 3 is 2.91 bits per heavy atom. The molecule has 0 bridgehead atoms. The predicted molar refractivity (Wildman–Crippen MR) is 44.7 cm³/mol. The van der Waals surface area contributed by atoms with E-state index in [9.17, 15) is 0 Å². The van der Waals surface area contributed by atoms with Gasteiger partial charge < -0.3 is 4.98 Å². The minimum atomic E-state index is 0.679. The van der Waals surface area contributed by atoms with Crippen LogP contribution in [0.15, 0.2) is 24.5 Å². The van der Waals surface area contributed by atoms with Crippen molar-refractivity contribution in [1.82, 2.24) is 15.0 Å². The predicted octanol–water partition coefficient (Wildman–Crippen LogP) is 1.69. The van der Waals surface area contributed by atoms with Gasteiger partial charge in [-0.1, -0.05) is 12.2 Å². The summed E-state index contributed by atoms with van der Waals surface area (Å²) in [5.74, 6) is 0. The van der Waals surface area contributed by atoms with E-state index in [-0.39, 0.29) is 0 Å². The van der Waals surface area contributed by atoms with E-state index in [1.807, 2.05) is 6.07 Å². The molecule has 0 unspecified atom stereocenters. The second-order valence-corrected chi connectivity index (χ2v) is 2.55. The summed E-state index contributed by atoms with van der Waals surface area (Å²) < 4.78 is 0.679. The van der Waals surface area contributed by atoms with Gasteiger partial charge >= 0.3 is 0 Å². The summed E-state index contributed by atoms with van der Waals surface area (Å²) in [6.45, 7) is 0. The van der Waals surface area contributed by atoms with E-state index in [0.29, 0.717) is 4.64 Å². The van der Waals surface area contributed by atoms with Crippen LogP contribution in [0.25, 0.3) is 11.2 Å². The summed E-state index contributed by atoms with van der Waals surface area (Å²) in [6.07, 6.45) is 3.28. The standard InChI is InChI=1S/C7H5N3S/c11-6-2-1-5-7(10-6)9-4-3-8-5/h1-4H,(H,9,10,11). The summed E-state index contributed by atoms with van der Waals surface area (Å²) in [6, 6.07) is 3.65. The quantitative estimate of drug-likeness (QED) is 0.601. The molecule has 0 saturated heterocycles. The van der Waals surface area contributed by atoms with Crippen LogP contribution in [0.4, 0.5) is 0 Å². The van der Waals surface area contributed by atoms with Crippen molar-refractivity contribution in [2.24, 2.45) is 0 Å². The molecule has 2 heterocycles. The fourth-order valence-corrected chi connectivity index (χ4v) is 1.04. The molecule has 2 aromatic heterocycles. The smallest absolute Gasteiger partial charge is 0.157 e. The number of aromatic nitrogens is 3. The number of nitrogens with one attached hydrogen (secondary N) is 1. The zero-order chi connectivity index (χ0) is 7.68. The first kappa shape index (κ1) is 6.42. The van der Waals surface area contributed by atoms with Crippen LogP contribution in [0.1, 0.15) is 0 Å². The number of hydrogen-bond acceptors (Lipinski definition) is 3. The van der Waals surface area contributed by atoms with E-state index >= 15 is 0 Å². The van der Waals surface area contributed by atoms with E-state index in [4.69, 9.17) is 12.2 Å². The molecule has 1 N–H and O–H groups in total. The molecule has 0 aliphatic carbocycles. The molecule has 2 rings (SSSR count). The zero-order valence-corrected chi connectivity index (χ0v) is 6.43. The number of pyridine rings is 1. The Morgan fingerprint density at radius 1 is 1.18 bits per heavy atom. The van der Waals surface area contributed by atoms with Crippen LogP contribution in [0.3, 0.4) is 0 Å². The second-order valence-electron chi connectivity index (χ2n) is 2.11. The third-order valence-electron chi connectivity index (χ3n) is 1.36. The zero-order valence-electron chi connectivity index (χ0n) is 5.61. The Morgan fingerprint density at radius 2 is 2.00 bits per heavy atom. The molecule has 0 aliphatic rings. The lowest BCUT2D eigenvalue weighted by molar-refractivity contribution is 1.21. The maximum Gasteiger partial charge on any atom is 0.157 e.